The summed E-state index contributed by atoms with van der Waals surface area (Å²) in [5.74, 6) is 3.09. The van der Waals surface area contributed by atoms with Crippen LogP contribution in [-0.4, -0.2) is 43.1 Å². The predicted octanol–water partition coefficient (Wildman–Crippen LogP) is 1.55. The van der Waals surface area contributed by atoms with Gasteiger partial charge in [-0.15, -0.1) is 10.2 Å². The zero-order valence-electron chi connectivity index (χ0n) is 12.2. The molecule has 2 aromatic rings. The maximum absolute atomic E-state index is 5.34. The maximum atomic E-state index is 5.34. The van der Waals surface area contributed by atoms with Crippen molar-refractivity contribution in [2.24, 2.45) is 7.05 Å². The van der Waals surface area contributed by atoms with Gasteiger partial charge in [0.1, 0.15) is 0 Å². The van der Waals surface area contributed by atoms with E-state index in [2.05, 4.69) is 15.5 Å². The number of hydrogen-bond acceptors (Lipinski definition) is 6. The second-order valence-electron chi connectivity index (χ2n) is 4.07. The van der Waals surface area contributed by atoms with Gasteiger partial charge in [0.05, 0.1) is 21.3 Å². The van der Waals surface area contributed by atoms with Gasteiger partial charge in [-0.3, -0.25) is 4.57 Å². The normalized spacial score (nSPS) is 10.2. The van der Waals surface area contributed by atoms with Gasteiger partial charge in [-0.25, -0.2) is 0 Å². The molecular formula is C13H18N4O3. The number of nitrogens with one attached hydrogen (secondary N) is 1. The van der Waals surface area contributed by atoms with Crippen molar-refractivity contribution in [2.75, 3.05) is 33.7 Å². The monoisotopic (exact) mass is 278 g/mol. The molecular weight excluding hydrogens is 260 g/mol. The fourth-order valence-electron chi connectivity index (χ4n) is 2.01. The van der Waals surface area contributed by atoms with Crippen LogP contribution in [0.25, 0.3) is 11.4 Å². The van der Waals surface area contributed by atoms with E-state index in [0.717, 1.165) is 5.56 Å². The number of nitrogens with zero attached hydrogens (tertiary/aromatic N) is 3. The molecule has 0 saturated carbocycles. The predicted molar refractivity (Wildman–Crippen MR) is 75.6 cm³/mol. The van der Waals surface area contributed by atoms with Gasteiger partial charge in [0.25, 0.3) is 0 Å². The van der Waals surface area contributed by atoms with Gasteiger partial charge >= 0.3 is 0 Å². The van der Waals surface area contributed by atoms with Crippen molar-refractivity contribution in [3.05, 3.63) is 12.1 Å². The van der Waals surface area contributed by atoms with E-state index in [1.165, 1.54) is 0 Å². The molecule has 0 aliphatic rings. The van der Waals surface area contributed by atoms with Crippen LogP contribution in [0.5, 0.6) is 17.2 Å². The van der Waals surface area contributed by atoms with Gasteiger partial charge in [-0.2, -0.15) is 0 Å². The number of aromatic nitrogens is 3. The molecule has 1 N–H and O–H groups in total. The molecule has 2 rings (SSSR count). The molecule has 0 amide bonds. The van der Waals surface area contributed by atoms with E-state index < -0.39 is 0 Å². The molecule has 7 nitrogen and oxygen atoms in total. The fraction of sp³-hybridized carbons (Fsp3) is 0.385. The largest absolute Gasteiger partial charge is 0.493 e. The molecule has 0 saturated heterocycles. The molecule has 1 aromatic heterocycles. The Hall–Kier alpha value is -2.44. The summed E-state index contributed by atoms with van der Waals surface area (Å²) in [6.45, 7) is 0. The minimum absolute atomic E-state index is 0.551. The molecule has 0 bridgehead atoms. The number of hydrogen-bond donors (Lipinski definition) is 1. The molecule has 20 heavy (non-hydrogen) atoms. The van der Waals surface area contributed by atoms with E-state index in [4.69, 9.17) is 14.2 Å². The van der Waals surface area contributed by atoms with Gasteiger partial charge < -0.3 is 19.5 Å². The SMILES string of the molecule is CNc1nnc(-c2cc(OC)c(OC)c(OC)c2)n1C. The summed E-state index contributed by atoms with van der Waals surface area (Å²) in [5, 5.41) is 11.2. The minimum Gasteiger partial charge on any atom is -0.493 e. The number of ether oxygens (including phenoxy) is 3. The number of anilines is 1. The summed E-state index contributed by atoms with van der Waals surface area (Å²) in [6.07, 6.45) is 0. The molecule has 108 valence electrons. The summed E-state index contributed by atoms with van der Waals surface area (Å²) in [7, 11) is 8.41. The maximum Gasteiger partial charge on any atom is 0.224 e. The molecule has 7 heteroatoms. The van der Waals surface area contributed by atoms with E-state index in [1.807, 2.05) is 23.7 Å². The lowest BCUT2D eigenvalue weighted by Crippen LogP contribution is -2.01. The van der Waals surface area contributed by atoms with E-state index in [-0.39, 0.29) is 0 Å². The highest BCUT2D eigenvalue weighted by molar-refractivity contribution is 5.67. The van der Waals surface area contributed by atoms with Gasteiger partial charge in [0, 0.05) is 19.7 Å². The Bertz CT molecular complexity index is 585. The Balaban J connectivity index is 2.59. The van der Waals surface area contributed by atoms with Crippen LogP contribution in [0.15, 0.2) is 12.1 Å². The molecule has 0 spiro atoms. The topological polar surface area (TPSA) is 70.4 Å². The van der Waals surface area contributed by atoms with Crippen molar-refractivity contribution in [1.29, 1.82) is 0 Å². The Labute approximate surface area is 117 Å². The van der Waals surface area contributed by atoms with Crippen LogP contribution < -0.4 is 19.5 Å². The average Bonchev–Trinajstić information content (AvgIpc) is 2.86. The summed E-state index contributed by atoms with van der Waals surface area (Å²) >= 11 is 0. The van der Waals surface area contributed by atoms with Crippen LogP contribution in [0.2, 0.25) is 0 Å². The van der Waals surface area contributed by atoms with Crippen molar-refractivity contribution >= 4 is 5.95 Å². The van der Waals surface area contributed by atoms with Gasteiger partial charge in [0.2, 0.25) is 11.7 Å². The zero-order valence-corrected chi connectivity index (χ0v) is 12.2. The lowest BCUT2D eigenvalue weighted by atomic mass is 10.1. The van der Waals surface area contributed by atoms with E-state index in [9.17, 15) is 0 Å². The van der Waals surface area contributed by atoms with Crippen LogP contribution in [-0.2, 0) is 7.05 Å². The molecule has 1 aromatic carbocycles. The average molecular weight is 278 g/mol. The Morgan fingerprint density at radius 3 is 2.00 bits per heavy atom. The molecule has 0 fully saturated rings. The highest BCUT2D eigenvalue weighted by Crippen LogP contribution is 2.40. The number of benzene rings is 1. The minimum atomic E-state index is 0.551. The first-order valence-corrected chi connectivity index (χ1v) is 6.03. The van der Waals surface area contributed by atoms with Crippen LogP contribution in [0.3, 0.4) is 0 Å². The van der Waals surface area contributed by atoms with Crippen molar-refractivity contribution < 1.29 is 14.2 Å². The summed E-state index contributed by atoms with van der Waals surface area (Å²) in [4.78, 5) is 0. The van der Waals surface area contributed by atoms with Crippen molar-refractivity contribution in [3.8, 4) is 28.6 Å². The van der Waals surface area contributed by atoms with E-state index in [0.29, 0.717) is 29.0 Å². The molecule has 0 aliphatic carbocycles. The van der Waals surface area contributed by atoms with Crippen molar-refractivity contribution in [1.82, 2.24) is 14.8 Å². The summed E-state index contributed by atoms with van der Waals surface area (Å²) in [5.41, 5.74) is 0.830. The molecule has 0 radical (unpaired) electrons. The van der Waals surface area contributed by atoms with Crippen LogP contribution in [0.4, 0.5) is 5.95 Å². The smallest absolute Gasteiger partial charge is 0.224 e. The first kappa shape index (κ1) is 14.0. The Morgan fingerprint density at radius 2 is 1.60 bits per heavy atom. The van der Waals surface area contributed by atoms with Crippen molar-refractivity contribution in [3.63, 3.8) is 0 Å². The van der Waals surface area contributed by atoms with Crippen LogP contribution in [0, 0.1) is 0 Å². The van der Waals surface area contributed by atoms with E-state index >= 15 is 0 Å². The lowest BCUT2D eigenvalue weighted by molar-refractivity contribution is 0.324. The molecule has 0 atom stereocenters. The Morgan fingerprint density at radius 1 is 1.00 bits per heavy atom. The highest BCUT2D eigenvalue weighted by Gasteiger charge is 2.17. The van der Waals surface area contributed by atoms with Gasteiger partial charge in [-0.1, -0.05) is 0 Å². The number of rotatable bonds is 5. The summed E-state index contributed by atoms with van der Waals surface area (Å²) in [6, 6.07) is 3.68. The third-order valence-electron chi connectivity index (χ3n) is 3.02. The van der Waals surface area contributed by atoms with E-state index in [1.54, 1.807) is 28.4 Å². The molecule has 0 unspecified atom stereocenters. The van der Waals surface area contributed by atoms with Crippen LogP contribution >= 0.6 is 0 Å². The standard InChI is InChI=1S/C13H18N4O3/c1-14-13-16-15-12(17(13)2)8-6-9(18-3)11(20-5)10(7-8)19-4/h6-7H,1-5H3,(H,14,16). The second kappa shape index (κ2) is 5.68. The van der Waals surface area contributed by atoms with Gasteiger partial charge in [-0.05, 0) is 12.1 Å². The third-order valence-corrected chi connectivity index (χ3v) is 3.02. The summed E-state index contributed by atoms with van der Waals surface area (Å²) < 4.78 is 17.8. The highest BCUT2D eigenvalue weighted by atomic mass is 16.5. The number of methoxy groups -OCH3 is 3. The first-order valence-electron chi connectivity index (χ1n) is 6.03. The third kappa shape index (κ3) is 2.22. The first-order chi connectivity index (χ1) is 9.65. The fourth-order valence-corrected chi connectivity index (χ4v) is 2.01. The molecule has 0 aliphatic heterocycles. The zero-order chi connectivity index (χ0) is 14.7. The Kier molecular flexibility index (Phi) is 3.97. The van der Waals surface area contributed by atoms with Crippen LogP contribution in [0.1, 0.15) is 0 Å². The van der Waals surface area contributed by atoms with Gasteiger partial charge in [0.15, 0.2) is 17.3 Å². The molecule has 1 heterocycles. The van der Waals surface area contributed by atoms with Crippen molar-refractivity contribution in [2.45, 2.75) is 0 Å². The quantitative estimate of drug-likeness (QED) is 0.894. The second-order valence-corrected chi connectivity index (χ2v) is 4.07. The lowest BCUT2D eigenvalue weighted by Gasteiger charge is -2.13.